The van der Waals surface area contributed by atoms with Crippen LogP contribution in [0.1, 0.15) is 42.9 Å². The molecule has 0 amide bonds. The van der Waals surface area contributed by atoms with Crippen LogP contribution in [0.25, 0.3) is 0 Å². The number of rotatable bonds is 4. The zero-order chi connectivity index (χ0) is 14.7. The van der Waals surface area contributed by atoms with Crippen LogP contribution in [0.2, 0.25) is 0 Å². The van der Waals surface area contributed by atoms with Gasteiger partial charge in [-0.05, 0) is 30.0 Å². The van der Waals surface area contributed by atoms with Crippen molar-refractivity contribution in [2.24, 2.45) is 5.73 Å². The van der Waals surface area contributed by atoms with E-state index >= 15 is 0 Å². The lowest BCUT2D eigenvalue weighted by atomic mass is 9.71. The zero-order valence-electron chi connectivity index (χ0n) is 12.5. The van der Waals surface area contributed by atoms with E-state index in [1.807, 2.05) is 12.3 Å². The average molecular weight is 282 g/mol. The minimum atomic E-state index is -0.0509. The van der Waals surface area contributed by atoms with Crippen molar-refractivity contribution < 1.29 is 4.74 Å². The molecule has 1 aromatic heterocycles. The van der Waals surface area contributed by atoms with Gasteiger partial charge in [0, 0.05) is 17.7 Å². The van der Waals surface area contributed by atoms with E-state index in [0.717, 1.165) is 24.2 Å². The van der Waals surface area contributed by atoms with E-state index < -0.39 is 0 Å². The fourth-order valence-electron chi connectivity index (χ4n) is 3.59. The van der Waals surface area contributed by atoms with Gasteiger partial charge in [0.15, 0.2) is 0 Å². The molecular formula is C18H22N2O. The highest BCUT2D eigenvalue weighted by atomic mass is 16.5. The lowest BCUT2D eigenvalue weighted by Gasteiger charge is -2.36. The number of methoxy groups -OCH3 is 1. The number of aromatic nitrogens is 1. The summed E-state index contributed by atoms with van der Waals surface area (Å²) in [5.41, 5.74) is 9.12. The lowest BCUT2D eigenvalue weighted by molar-refractivity contribution is 0.353. The van der Waals surface area contributed by atoms with Gasteiger partial charge in [-0.25, -0.2) is 0 Å². The summed E-state index contributed by atoms with van der Waals surface area (Å²) in [6.07, 6.45) is 8.33. The van der Waals surface area contributed by atoms with Gasteiger partial charge in [0.1, 0.15) is 5.75 Å². The number of hydrogen-bond donors (Lipinski definition) is 1. The highest BCUT2D eigenvalue weighted by Gasteiger charge is 2.41. The largest absolute Gasteiger partial charge is 0.495 e. The van der Waals surface area contributed by atoms with Gasteiger partial charge in [-0.3, -0.25) is 4.98 Å². The molecule has 2 N–H and O–H groups in total. The first-order valence-corrected chi connectivity index (χ1v) is 7.56. The molecule has 0 bridgehead atoms. The fourth-order valence-corrected chi connectivity index (χ4v) is 3.59. The maximum absolute atomic E-state index is 6.70. The first-order chi connectivity index (χ1) is 10.3. The van der Waals surface area contributed by atoms with Gasteiger partial charge in [-0.1, -0.05) is 43.2 Å². The molecule has 1 aliphatic rings. The van der Waals surface area contributed by atoms with Crippen LogP contribution in [0.15, 0.2) is 48.8 Å². The van der Waals surface area contributed by atoms with Crippen molar-refractivity contribution in [1.82, 2.24) is 4.98 Å². The molecule has 0 aliphatic heterocycles. The van der Waals surface area contributed by atoms with Gasteiger partial charge >= 0.3 is 0 Å². The molecule has 3 heteroatoms. The lowest BCUT2D eigenvalue weighted by Crippen LogP contribution is -2.36. The van der Waals surface area contributed by atoms with E-state index in [1.54, 1.807) is 13.3 Å². The van der Waals surface area contributed by atoms with Gasteiger partial charge in [-0.2, -0.15) is 0 Å². The van der Waals surface area contributed by atoms with E-state index in [1.165, 1.54) is 18.4 Å². The Balaban J connectivity index is 2.01. The second-order valence-electron chi connectivity index (χ2n) is 5.87. The highest BCUT2D eigenvalue weighted by Crippen LogP contribution is 2.48. The van der Waals surface area contributed by atoms with Gasteiger partial charge in [0.2, 0.25) is 0 Å². The van der Waals surface area contributed by atoms with Gasteiger partial charge in [0.05, 0.1) is 13.3 Å². The number of benzene rings is 1. The number of nitrogens with two attached hydrogens (primary N) is 1. The zero-order valence-corrected chi connectivity index (χ0v) is 12.5. The van der Waals surface area contributed by atoms with Crippen LogP contribution in [0.4, 0.5) is 0 Å². The van der Waals surface area contributed by atoms with Gasteiger partial charge in [0.25, 0.3) is 0 Å². The molecule has 1 aromatic carbocycles. The molecule has 1 aliphatic carbocycles. The Morgan fingerprint density at radius 3 is 2.52 bits per heavy atom. The number of nitrogens with zero attached hydrogens (tertiary/aromatic N) is 1. The first-order valence-electron chi connectivity index (χ1n) is 7.56. The molecule has 0 saturated heterocycles. The van der Waals surface area contributed by atoms with Crippen molar-refractivity contribution in [3.8, 4) is 5.75 Å². The monoisotopic (exact) mass is 282 g/mol. The molecule has 1 unspecified atom stereocenters. The minimum absolute atomic E-state index is 0.0231. The summed E-state index contributed by atoms with van der Waals surface area (Å²) in [6.45, 7) is 0. The predicted octanol–water partition coefficient (Wildman–Crippen LogP) is 3.60. The van der Waals surface area contributed by atoms with Crippen LogP contribution in [0, 0.1) is 0 Å². The second kappa shape index (κ2) is 5.86. The van der Waals surface area contributed by atoms with Crippen molar-refractivity contribution in [3.05, 3.63) is 59.9 Å². The SMILES string of the molecule is COc1cncc(C(N)C2(c3ccccc3)CCCC2)c1. The van der Waals surface area contributed by atoms with E-state index in [9.17, 15) is 0 Å². The summed E-state index contributed by atoms with van der Waals surface area (Å²) in [5.74, 6) is 0.768. The maximum Gasteiger partial charge on any atom is 0.137 e. The molecule has 0 spiro atoms. The Kier molecular flexibility index (Phi) is 3.93. The highest BCUT2D eigenvalue weighted by molar-refractivity contribution is 5.35. The Hall–Kier alpha value is -1.87. The van der Waals surface area contributed by atoms with Crippen LogP contribution < -0.4 is 10.5 Å². The van der Waals surface area contributed by atoms with Crippen LogP contribution in [0.3, 0.4) is 0 Å². The Morgan fingerprint density at radius 1 is 1.14 bits per heavy atom. The Bertz CT molecular complexity index is 591. The van der Waals surface area contributed by atoms with E-state index in [-0.39, 0.29) is 11.5 Å². The van der Waals surface area contributed by atoms with Crippen molar-refractivity contribution in [2.75, 3.05) is 7.11 Å². The van der Waals surface area contributed by atoms with E-state index in [0.29, 0.717) is 0 Å². The summed E-state index contributed by atoms with van der Waals surface area (Å²) >= 11 is 0. The van der Waals surface area contributed by atoms with Crippen LogP contribution >= 0.6 is 0 Å². The van der Waals surface area contributed by atoms with Gasteiger partial charge in [-0.15, -0.1) is 0 Å². The number of ether oxygens (including phenoxy) is 1. The molecule has 21 heavy (non-hydrogen) atoms. The Morgan fingerprint density at radius 2 is 1.86 bits per heavy atom. The van der Waals surface area contributed by atoms with Crippen LogP contribution in [-0.2, 0) is 5.41 Å². The predicted molar refractivity (Wildman–Crippen MR) is 84.3 cm³/mol. The molecule has 1 atom stereocenters. The molecule has 1 saturated carbocycles. The van der Waals surface area contributed by atoms with Crippen LogP contribution in [0.5, 0.6) is 5.75 Å². The second-order valence-corrected chi connectivity index (χ2v) is 5.87. The third-order valence-electron chi connectivity index (χ3n) is 4.77. The first kappa shape index (κ1) is 14.1. The quantitative estimate of drug-likeness (QED) is 0.932. The molecule has 3 rings (SSSR count). The fraction of sp³-hybridized carbons (Fsp3) is 0.389. The van der Waals surface area contributed by atoms with Crippen molar-refractivity contribution >= 4 is 0 Å². The number of pyridine rings is 1. The summed E-state index contributed by atoms with van der Waals surface area (Å²) in [7, 11) is 1.66. The summed E-state index contributed by atoms with van der Waals surface area (Å²) < 4.78 is 5.29. The maximum atomic E-state index is 6.70. The summed E-state index contributed by atoms with van der Waals surface area (Å²) in [4.78, 5) is 4.27. The van der Waals surface area contributed by atoms with Crippen molar-refractivity contribution in [3.63, 3.8) is 0 Å². The third kappa shape index (κ3) is 2.54. The van der Waals surface area contributed by atoms with E-state index in [2.05, 4.69) is 35.3 Å². The molecular weight excluding hydrogens is 260 g/mol. The van der Waals surface area contributed by atoms with Gasteiger partial charge < -0.3 is 10.5 Å². The minimum Gasteiger partial charge on any atom is -0.495 e. The van der Waals surface area contributed by atoms with Crippen molar-refractivity contribution in [1.29, 1.82) is 0 Å². The standard InChI is InChI=1S/C18H22N2O/c1-21-16-11-14(12-20-13-16)17(19)18(9-5-6-10-18)15-7-3-2-4-8-15/h2-4,7-8,11-13,17H,5-6,9-10,19H2,1H3. The third-order valence-corrected chi connectivity index (χ3v) is 4.77. The van der Waals surface area contributed by atoms with Crippen LogP contribution in [-0.4, -0.2) is 12.1 Å². The molecule has 110 valence electrons. The number of hydrogen-bond acceptors (Lipinski definition) is 3. The Labute approximate surface area is 126 Å². The summed E-state index contributed by atoms with van der Waals surface area (Å²) in [6, 6.07) is 12.6. The topological polar surface area (TPSA) is 48.1 Å². The molecule has 0 radical (unpaired) electrons. The molecule has 1 fully saturated rings. The molecule has 1 heterocycles. The smallest absolute Gasteiger partial charge is 0.137 e. The summed E-state index contributed by atoms with van der Waals surface area (Å²) in [5, 5.41) is 0. The normalized spacial score (nSPS) is 18.4. The van der Waals surface area contributed by atoms with Crippen molar-refractivity contribution in [2.45, 2.75) is 37.1 Å². The van der Waals surface area contributed by atoms with E-state index in [4.69, 9.17) is 10.5 Å². The molecule has 3 nitrogen and oxygen atoms in total. The average Bonchev–Trinajstić information content (AvgIpc) is 3.06. The molecule has 2 aromatic rings.